The van der Waals surface area contributed by atoms with Gasteiger partial charge >= 0.3 is 17.1 Å². The number of pyridine rings is 1. The van der Waals surface area contributed by atoms with Gasteiger partial charge in [0.1, 0.15) is 17.2 Å². The average Bonchev–Trinajstić information content (AvgIpc) is 2.51. The summed E-state index contributed by atoms with van der Waals surface area (Å²) in [5.74, 6) is -0.713. The second-order valence-corrected chi connectivity index (χ2v) is 4.77. The minimum absolute atomic E-state index is 0.152. The Hall–Kier alpha value is -3.29. The smallest absolute Gasteiger partial charge is 0.396 e. The van der Waals surface area contributed by atoms with Crippen LogP contribution in [0.5, 0.6) is 11.6 Å². The zero-order valence-electron chi connectivity index (χ0n) is 11.9. The first-order valence-electron chi connectivity index (χ1n) is 6.57. The molecule has 0 aliphatic rings. The van der Waals surface area contributed by atoms with Crippen LogP contribution in [0.25, 0.3) is 5.65 Å². The highest BCUT2D eigenvalue weighted by Gasteiger charge is 2.25. The maximum absolute atomic E-state index is 13.3. The van der Waals surface area contributed by atoms with Gasteiger partial charge in [0.05, 0.1) is 4.92 Å². The van der Waals surface area contributed by atoms with E-state index in [1.807, 2.05) is 0 Å². The molecule has 0 amide bonds. The molecule has 23 heavy (non-hydrogen) atoms. The van der Waals surface area contributed by atoms with Crippen molar-refractivity contribution in [2.75, 3.05) is 0 Å². The molecule has 0 fully saturated rings. The van der Waals surface area contributed by atoms with Crippen LogP contribution in [0.4, 0.5) is 10.1 Å². The van der Waals surface area contributed by atoms with Crippen LogP contribution in [0, 0.1) is 22.9 Å². The minimum atomic E-state index is -0.852. The van der Waals surface area contributed by atoms with E-state index in [4.69, 9.17) is 4.74 Å². The quantitative estimate of drug-likeness (QED) is 0.548. The molecule has 0 atom stereocenters. The molecular weight excluding hydrogens is 305 g/mol. The molecule has 2 aromatic heterocycles. The number of aromatic nitrogens is 2. The molecule has 0 bridgehead atoms. The maximum atomic E-state index is 13.3. The fourth-order valence-corrected chi connectivity index (χ4v) is 2.08. The van der Waals surface area contributed by atoms with E-state index < -0.39 is 27.9 Å². The monoisotopic (exact) mass is 315 g/mol. The largest absolute Gasteiger partial charge is 0.433 e. The van der Waals surface area contributed by atoms with E-state index in [0.29, 0.717) is 5.56 Å². The highest BCUT2D eigenvalue weighted by molar-refractivity contribution is 5.50. The number of ether oxygens (including phenoxy) is 1. The van der Waals surface area contributed by atoms with Gasteiger partial charge in [-0.2, -0.15) is 4.98 Å². The number of nitrogens with zero attached hydrogens (tertiary/aromatic N) is 3. The van der Waals surface area contributed by atoms with E-state index in [-0.39, 0.29) is 11.4 Å². The number of halogens is 1. The number of nitro groups is 1. The molecular formula is C15H10FN3O4. The number of rotatable bonds is 3. The normalized spacial score (nSPS) is 10.7. The Labute approximate surface area is 128 Å². The van der Waals surface area contributed by atoms with E-state index >= 15 is 0 Å². The Balaban J connectivity index is 2.19. The maximum Gasteiger partial charge on any atom is 0.396 e. The first-order chi connectivity index (χ1) is 11.0. The summed E-state index contributed by atoms with van der Waals surface area (Å²) < 4.78 is 19.7. The lowest BCUT2D eigenvalue weighted by atomic mass is 10.2. The van der Waals surface area contributed by atoms with E-state index in [1.165, 1.54) is 37.4 Å². The molecule has 0 unspecified atom stereocenters. The van der Waals surface area contributed by atoms with Gasteiger partial charge in [0.2, 0.25) is 0 Å². The van der Waals surface area contributed by atoms with Crippen molar-refractivity contribution in [3.05, 3.63) is 74.4 Å². The predicted molar refractivity (Wildman–Crippen MR) is 79.3 cm³/mol. The van der Waals surface area contributed by atoms with E-state index in [9.17, 15) is 19.3 Å². The summed E-state index contributed by atoms with van der Waals surface area (Å²) in [6.07, 6.45) is 1.38. The summed E-state index contributed by atoms with van der Waals surface area (Å²) in [6.45, 7) is 1.53. The van der Waals surface area contributed by atoms with Crippen LogP contribution >= 0.6 is 0 Å². The van der Waals surface area contributed by atoms with Crippen molar-refractivity contribution in [1.29, 1.82) is 0 Å². The average molecular weight is 315 g/mol. The van der Waals surface area contributed by atoms with Gasteiger partial charge in [0.25, 0.3) is 0 Å². The number of hydrogen-bond donors (Lipinski definition) is 0. The highest BCUT2D eigenvalue weighted by Crippen LogP contribution is 2.27. The second-order valence-electron chi connectivity index (χ2n) is 4.77. The molecule has 7 nitrogen and oxygen atoms in total. The standard InChI is InChI=1S/C15H10FN3O4/c1-9-8-10(5-6-11(9)16)23-14-13(19(21)22)15(20)18-7-3-2-4-12(18)17-14/h2-8H,1H3. The Morgan fingerprint density at radius 2 is 2.09 bits per heavy atom. The lowest BCUT2D eigenvalue weighted by Crippen LogP contribution is -2.19. The van der Waals surface area contributed by atoms with E-state index in [0.717, 1.165) is 4.40 Å². The van der Waals surface area contributed by atoms with Crippen LogP contribution in [0.15, 0.2) is 47.4 Å². The van der Waals surface area contributed by atoms with Crippen LogP contribution in [0.1, 0.15) is 5.56 Å². The summed E-state index contributed by atoms with van der Waals surface area (Å²) in [5, 5.41) is 11.2. The zero-order chi connectivity index (χ0) is 16.6. The molecule has 0 saturated heterocycles. The van der Waals surface area contributed by atoms with Crippen molar-refractivity contribution in [3.8, 4) is 11.6 Å². The van der Waals surface area contributed by atoms with E-state index in [1.54, 1.807) is 12.1 Å². The number of benzene rings is 1. The van der Waals surface area contributed by atoms with Gasteiger partial charge in [-0.3, -0.25) is 19.3 Å². The molecule has 0 spiro atoms. The molecule has 8 heteroatoms. The first kappa shape index (κ1) is 14.6. The lowest BCUT2D eigenvalue weighted by Gasteiger charge is -2.08. The van der Waals surface area contributed by atoms with Crippen molar-refractivity contribution in [2.24, 2.45) is 0 Å². The fourth-order valence-electron chi connectivity index (χ4n) is 2.08. The molecule has 1 aromatic carbocycles. The fraction of sp³-hybridized carbons (Fsp3) is 0.0667. The summed E-state index contributed by atoms with van der Waals surface area (Å²) in [6, 6.07) is 8.56. The van der Waals surface area contributed by atoms with Crippen molar-refractivity contribution in [2.45, 2.75) is 6.92 Å². The molecule has 3 rings (SSSR count). The van der Waals surface area contributed by atoms with Gasteiger partial charge in [-0.15, -0.1) is 0 Å². The first-order valence-corrected chi connectivity index (χ1v) is 6.57. The minimum Gasteiger partial charge on any atom is -0.433 e. The van der Waals surface area contributed by atoms with Crippen LogP contribution < -0.4 is 10.3 Å². The molecule has 2 heterocycles. The van der Waals surface area contributed by atoms with Crippen molar-refractivity contribution >= 4 is 11.3 Å². The van der Waals surface area contributed by atoms with Gasteiger partial charge in [-0.25, -0.2) is 4.39 Å². The molecule has 0 aliphatic heterocycles. The molecule has 3 aromatic rings. The predicted octanol–water partition coefficient (Wildman–Crippen LogP) is 2.84. The van der Waals surface area contributed by atoms with Crippen molar-refractivity contribution in [1.82, 2.24) is 9.38 Å². The molecule has 0 aliphatic carbocycles. The Morgan fingerprint density at radius 1 is 1.30 bits per heavy atom. The third-order valence-electron chi connectivity index (χ3n) is 3.20. The van der Waals surface area contributed by atoms with Gasteiger partial charge < -0.3 is 4.74 Å². The third kappa shape index (κ3) is 2.61. The SMILES string of the molecule is Cc1cc(Oc2nc3ccccn3c(=O)c2[N+](=O)[O-])ccc1F. The lowest BCUT2D eigenvalue weighted by molar-refractivity contribution is -0.387. The van der Waals surface area contributed by atoms with Crippen LogP contribution in [-0.2, 0) is 0 Å². The molecule has 0 saturated carbocycles. The summed E-state index contributed by atoms with van der Waals surface area (Å²) >= 11 is 0. The Bertz CT molecular complexity index is 984. The number of fused-ring (bicyclic) bond motifs is 1. The molecule has 0 radical (unpaired) electrons. The Kier molecular flexibility index (Phi) is 3.49. The van der Waals surface area contributed by atoms with E-state index in [2.05, 4.69) is 4.98 Å². The Morgan fingerprint density at radius 3 is 2.78 bits per heavy atom. The third-order valence-corrected chi connectivity index (χ3v) is 3.20. The summed E-state index contributed by atoms with van der Waals surface area (Å²) in [5.41, 5.74) is -1.12. The van der Waals surface area contributed by atoms with Gasteiger partial charge in [0.15, 0.2) is 0 Å². The second kappa shape index (κ2) is 5.48. The molecule has 0 N–H and O–H groups in total. The van der Waals surface area contributed by atoms with Crippen molar-refractivity contribution < 1.29 is 14.1 Å². The summed E-state index contributed by atoms with van der Waals surface area (Å²) in [7, 11) is 0. The summed E-state index contributed by atoms with van der Waals surface area (Å²) in [4.78, 5) is 26.6. The van der Waals surface area contributed by atoms with Gasteiger partial charge in [-0.1, -0.05) is 6.07 Å². The van der Waals surface area contributed by atoms with Crippen LogP contribution in [0.2, 0.25) is 0 Å². The van der Waals surface area contributed by atoms with Crippen LogP contribution in [-0.4, -0.2) is 14.3 Å². The zero-order valence-corrected chi connectivity index (χ0v) is 11.9. The van der Waals surface area contributed by atoms with Gasteiger partial charge in [-0.05, 0) is 42.8 Å². The van der Waals surface area contributed by atoms with Crippen molar-refractivity contribution in [3.63, 3.8) is 0 Å². The van der Waals surface area contributed by atoms with Gasteiger partial charge in [0, 0.05) is 6.20 Å². The number of hydrogen-bond acceptors (Lipinski definition) is 5. The van der Waals surface area contributed by atoms with Crippen LogP contribution in [0.3, 0.4) is 0 Å². The number of aryl methyl sites for hydroxylation is 1. The topological polar surface area (TPSA) is 86.7 Å². The highest BCUT2D eigenvalue weighted by atomic mass is 19.1. The molecule has 116 valence electrons.